The molecule has 2 aromatic carbocycles. The third kappa shape index (κ3) is 3.36. The summed E-state index contributed by atoms with van der Waals surface area (Å²) >= 11 is 0. The molecule has 0 fully saturated rings. The van der Waals surface area contributed by atoms with Crippen molar-refractivity contribution < 1.29 is 0 Å². The van der Waals surface area contributed by atoms with Crippen LogP contribution in [0.2, 0.25) is 0 Å². The number of benzene rings is 2. The summed E-state index contributed by atoms with van der Waals surface area (Å²) in [4.78, 5) is 0. The van der Waals surface area contributed by atoms with Crippen molar-refractivity contribution in [3.05, 3.63) is 69.3 Å². The van der Waals surface area contributed by atoms with Crippen molar-refractivity contribution in [2.75, 3.05) is 6.54 Å². The molecule has 1 nitrogen and oxygen atoms in total. The zero-order chi connectivity index (χ0) is 15.6. The molecule has 0 aliphatic rings. The van der Waals surface area contributed by atoms with Crippen molar-refractivity contribution >= 4 is 0 Å². The highest BCUT2D eigenvalue weighted by atomic mass is 14.9. The van der Waals surface area contributed by atoms with Crippen molar-refractivity contribution in [1.29, 1.82) is 0 Å². The Morgan fingerprint density at radius 3 is 2.00 bits per heavy atom. The van der Waals surface area contributed by atoms with Gasteiger partial charge in [0.25, 0.3) is 0 Å². The van der Waals surface area contributed by atoms with Crippen LogP contribution in [0.5, 0.6) is 0 Å². The Morgan fingerprint density at radius 1 is 0.810 bits per heavy atom. The zero-order valence-electron chi connectivity index (χ0n) is 14.2. The van der Waals surface area contributed by atoms with Crippen molar-refractivity contribution in [1.82, 2.24) is 5.32 Å². The molecule has 1 unspecified atom stereocenters. The van der Waals surface area contributed by atoms with E-state index in [1.165, 1.54) is 38.9 Å². The second kappa shape index (κ2) is 6.44. The van der Waals surface area contributed by atoms with Crippen molar-refractivity contribution in [3.63, 3.8) is 0 Å². The van der Waals surface area contributed by atoms with Crippen LogP contribution in [0, 0.1) is 34.6 Å². The first-order valence-electron chi connectivity index (χ1n) is 7.82. The van der Waals surface area contributed by atoms with Gasteiger partial charge in [-0.1, -0.05) is 48.4 Å². The van der Waals surface area contributed by atoms with E-state index in [0.29, 0.717) is 0 Å². The predicted molar refractivity (Wildman–Crippen MR) is 92.1 cm³/mol. The fraction of sp³-hybridized carbons (Fsp3) is 0.400. The molecular weight excluding hydrogens is 254 g/mol. The van der Waals surface area contributed by atoms with E-state index in [-0.39, 0.29) is 6.04 Å². The van der Waals surface area contributed by atoms with Gasteiger partial charge < -0.3 is 5.32 Å². The fourth-order valence-electron chi connectivity index (χ4n) is 3.29. The van der Waals surface area contributed by atoms with E-state index in [1.807, 2.05) is 0 Å². The van der Waals surface area contributed by atoms with Gasteiger partial charge in [0.1, 0.15) is 0 Å². The number of nitrogens with one attached hydrogen (secondary N) is 1. The average Bonchev–Trinajstić information content (AvgIpc) is 2.39. The van der Waals surface area contributed by atoms with Crippen LogP contribution in [0.15, 0.2) is 30.3 Å². The smallest absolute Gasteiger partial charge is 0.0584 e. The van der Waals surface area contributed by atoms with Crippen LogP contribution in [0.3, 0.4) is 0 Å². The summed E-state index contributed by atoms with van der Waals surface area (Å²) in [5.74, 6) is 0. The van der Waals surface area contributed by atoms with Crippen molar-refractivity contribution in [3.8, 4) is 0 Å². The molecule has 0 bridgehead atoms. The lowest BCUT2D eigenvalue weighted by Crippen LogP contribution is -2.24. The summed E-state index contributed by atoms with van der Waals surface area (Å²) in [5.41, 5.74) is 9.58. The third-order valence-corrected chi connectivity index (χ3v) is 4.18. The Balaban J connectivity index is 2.61. The molecule has 1 atom stereocenters. The van der Waals surface area contributed by atoms with E-state index in [4.69, 9.17) is 0 Å². The van der Waals surface area contributed by atoms with Crippen molar-refractivity contribution in [2.24, 2.45) is 0 Å². The number of hydrogen-bond acceptors (Lipinski definition) is 1. The van der Waals surface area contributed by atoms with Crippen LogP contribution in [0.1, 0.15) is 51.9 Å². The van der Waals surface area contributed by atoms with Crippen LogP contribution in [-0.2, 0) is 0 Å². The maximum atomic E-state index is 3.68. The van der Waals surface area contributed by atoms with Gasteiger partial charge in [-0.05, 0) is 69.0 Å². The standard InChI is InChI=1S/C20H27N/c1-7-21-20(18-12-13(2)8-9-15(18)4)19-16(5)10-14(3)11-17(19)6/h8-12,20-21H,7H2,1-6H3. The third-order valence-electron chi connectivity index (χ3n) is 4.18. The molecule has 2 rings (SSSR count). The maximum absolute atomic E-state index is 3.68. The van der Waals surface area contributed by atoms with Gasteiger partial charge in [-0.15, -0.1) is 0 Å². The first-order valence-corrected chi connectivity index (χ1v) is 7.82. The highest BCUT2D eigenvalue weighted by Crippen LogP contribution is 2.31. The molecule has 0 aliphatic carbocycles. The van der Waals surface area contributed by atoms with Gasteiger partial charge in [0.15, 0.2) is 0 Å². The predicted octanol–water partition coefficient (Wildman–Crippen LogP) is 4.93. The van der Waals surface area contributed by atoms with Crippen LogP contribution >= 0.6 is 0 Å². The summed E-state index contributed by atoms with van der Waals surface area (Å²) in [7, 11) is 0. The molecule has 0 amide bonds. The average molecular weight is 281 g/mol. The molecule has 0 aliphatic heterocycles. The SMILES string of the molecule is CCNC(c1cc(C)ccc1C)c1c(C)cc(C)cc1C. The fourth-order valence-corrected chi connectivity index (χ4v) is 3.29. The molecule has 2 aromatic rings. The van der Waals surface area contributed by atoms with Crippen LogP contribution in [0.25, 0.3) is 0 Å². The minimum Gasteiger partial charge on any atom is -0.307 e. The molecule has 0 radical (unpaired) electrons. The number of hydrogen-bond donors (Lipinski definition) is 1. The van der Waals surface area contributed by atoms with E-state index in [2.05, 4.69) is 77.2 Å². The first kappa shape index (κ1) is 15.8. The highest BCUT2D eigenvalue weighted by Gasteiger charge is 2.19. The first-order chi connectivity index (χ1) is 9.93. The second-order valence-electron chi connectivity index (χ2n) is 6.16. The van der Waals surface area contributed by atoms with Gasteiger partial charge >= 0.3 is 0 Å². The van der Waals surface area contributed by atoms with Gasteiger partial charge in [0, 0.05) is 0 Å². The zero-order valence-corrected chi connectivity index (χ0v) is 14.2. The molecule has 21 heavy (non-hydrogen) atoms. The topological polar surface area (TPSA) is 12.0 Å². The van der Waals surface area contributed by atoms with Gasteiger partial charge in [-0.3, -0.25) is 0 Å². The molecule has 1 N–H and O–H groups in total. The van der Waals surface area contributed by atoms with Crippen molar-refractivity contribution in [2.45, 2.75) is 47.6 Å². The lowest BCUT2D eigenvalue weighted by atomic mass is 9.87. The highest BCUT2D eigenvalue weighted by molar-refractivity contribution is 5.46. The van der Waals surface area contributed by atoms with Crippen LogP contribution < -0.4 is 5.32 Å². The summed E-state index contributed by atoms with van der Waals surface area (Å²) < 4.78 is 0. The Labute approximate surface area is 129 Å². The van der Waals surface area contributed by atoms with Crippen LogP contribution in [0.4, 0.5) is 0 Å². The number of aryl methyl sites for hydroxylation is 5. The molecule has 1 heteroatoms. The quantitative estimate of drug-likeness (QED) is 0.838. The van der Waals surface area contributed by atoms with E-state index < -0.39 is 0 Å². The number of rotatable bonds is 4. The van der Waals surface area contributed by atoms with Crippen LogP contribution in [-0.4, -0.2) is 6.54 Å². The largest absolute Gasteiger partial charge is 0.307 e. The Bertz CT molecular complexity index is 617. The summed E-state index contributed by atoms with van der Waals surface area (Å²) in [6.07, 6.45) is 0. The summed E-state index contributed by atoms with van der Waals surface area (Å²) in [6.45, 7) is 14.1. The summed E-state index contributed by atoms with van der Waals surface area (Å²) in [5, 5.41) is 3.68. The lowest BCUT2D eigenvalue weighted by molar-refractivity contribution is 0.621. The Kier molecular flexibility index (Phi) is 4.84. The summed E-state index contributed by atoms with van der Waals surface area (Å²) in [6, 6.07) is 11.6. The van der Waals surface area contributed by atoms with E-state index in [1.54, 1.807) is 0 Å². The second-order valence-corrected chi connectivity index (χ2v) is 6.16. The van der Waals surface area contributed by atoms with E-state index in [9.17, 15) is 0 Å². The monoisotopic (exact) mass is 281 g/mol. The van der Waals surface area contributed by atoms with Gasteiger partial charge in [0.05, 0.1) is 6.04 Å². The van der Waals surface area contributed by atoms with E-state index >= 15 is 0 Å². The molecule has 0 heterocycles. The Morgan fingerprint density at radius 2 is 1.43 bits per heavy atom. The lowest BCUT2D eigenvalue weighted by Gasteiger charge is -2.25. The molecular formula is C20H27N. The molecule has 0 saturated carbocycles. The molecule has 0 spiro atoms. The van der Waals surface area contributed by atoms with Gasteiger partial charge in [-0.2, -0.15) is 0 Å². The van der Waals surface area contributed by atoms with Gasteiger partial charge in [0.2, 0.25) is 0 Å². The molecule has 0 saturated heterocycles. The minimum atomic E-state index is 0.274. The molecule has 112 valence electrons. The van der Waals surface area contributed by atoms with E-state index in [0.717, 1.165) is 6.54 Å². The molecule has 0 aromatic heterocycles. The normalized spacial score (nSPS) is 12.5. The maximum Gasteiger partial charge on any atom is 0.0584 e. The Hall–Kier alpha value is -1.60. The van der Waals surface area contributed by atoms with Gasteiger partial charge in [-0.25, -0.2) is 0 Å². The minimum absolute atomic E-state index is 0.274.